The van der Waals surface area contributed by atoms with E-state index in [0.717, 1.165) is 7.11 Å². The van der Waals surface area contributed by atoms with Gasteiger partial charge in [0.2, 0.25) is 0 Å². The second-order valence-corrected chi connectivity index (χ2v) is 5.65. The molecule has 0 saturated carbocycles. The zero-order chi connectivity index (χ0) is 18.6. The predicted molar refractivity (Wildman–Crippen MR) is 83.8 cm³/mol. The van der Waals surface area contributed by atoms with Crippen LogP contribution in [0.2, 0.25) is 0 Å². The Morgan fingerprint density at radius 3 is 2.60 bits per heavy atom. The summed E-state index contributed by atoms with van der Waals surface area (Å²) in [6.45, 7) is 0.449. The van der Waals surface area contributed by atoms with E-state index in [-0.39, 0.29) is 30.9 Å². The number of methoxy groups -OCH3 is 1. The number of aromatic nitrogens is 2. The van der Waals surface area contributed by atoms with Crippen LogP contribution in [0.5, 0.6) is 0 Å². The van der Waals surface area contributed by atoms with Crippen LogP contribution in [0, 0.1) is 11.3 Å². The zero-order valence-corrected chi connectivity index (χ0v) is 13.6. The number of carboxylic acid groups (broad SMARTS) is 1. The maximum Gasteiger partial charge on any atom is 0.412 e. The SMILES string of the molecule is COC(=O)Nc1nn(C2(CC#N)CCN(C(=O)O)CC2)cc1C(N)=O. The highest BCUT2D eigenvalue weighted by Gasteiger charge is 2.39. The first-order valence-corrected chi connectivity index (χ1v) is 7.42. The number of anilines is 1. The van der Waals surface area contributed by atoms with Crippen LogP contribution in [0.15, 0.2) is 6.20 Å². The van der Waals surface area contributed by atoms with Crippen LogP contribution in [0.4, 0.5) is 15.4 Å². The molecule has 0 bridgehead atoms. The first-order chi connectivity index (χ1) is 11.8. The van der Waals surface area contributed by atoms with Gasteiger partial charge in [-0.3, -0.25) is 14.8 Å². The maximum absolute atomic E-state index is 11.6. The molecule has 2 heterocycles. The van der Waals surface area contributed by atoms with Crippen LogP contribution in [0.3, 0.4) is 0 Å². The number of ether oxygens (including phenoxy) is 1. The number of nitriles is 1. The second kappa shape index (κ2) is 7.08. The number of primary amides is 1. The number of nitrogens with one attached hydrogen (secondary N) is 1. The third-order valence-corrected chi connectivity index (χ3v) is 4.24. The standard InChI is InChI=1S/C14H18N6O5/c1-25-12(22)17-11-9(10(16)21)8-20(18-11)14(2-5-15)3-6-19(7-4-14)13(23)24/h8H,2-4,6-7H2,1H3,(H2,16,21)(H,23,24)(H,17,18,22). The van der Waals surface area contributed by atoms with Gasteiger partial charge in [-0.2, -0.15) is 10.4 Å². The molecule has 2 rings (SSSR count). The minimum absolute atomic E-state index is 0.0246. The highest BCUT2D eigenvalue weighted by molar-refractivity contribution is 6.00. The molecule has 1 fully saturated rings. The Hall–Kier alpha value is -3.29. The van der Waals surface area contributed by atoms with E-state index in [1.165, 1.54) is 15.8 Å². The molecule has 3 amide bonds. The van der Waals surface area contributed by atoms with Gasteiger partial charge in [-0.1, -0.05) is 0 Å². The Balaban J connectivity index is 2.37. The number of rotatable bonds is 4. The summed E-state index contributed by atoms with van der Waals surface area (Å²) in [5.74, 6) is -0.870. The van der Waals surface area contributed by atoms with E-state index in [0.29, 0.717) is 12.8 Å². The summed E-state index contributed by atoms with van der Waals surface area (Å²) in [5, 5.41) is 24.8. The quantitative estimate of drug-likeness (QED) is 0.713. The lowest BCUT2D eigenvalue weighted by Gasteiger charge is -2.39. The number of nitrogens with zero attached hydrogens (tertiary/aromatic N) is 4. The first kappa shape index (κ1) is 18.1. The van der Waals surface area contributed by atoms with Crippen LogP contribution >= 0.6 is 0 Å². The highest BCUT2D eigenvalue weighted by Crippen LogP contribution is 2.34. The van der Waals surface area contributed by atoms with Crippen molar-refractivity contribution in [3.63, 3.8) is 0 Å². The fourth-order valence-electron chi connectivity index (χ4n) is 2.79. The van der Waals surface area contributed by atoms with Crippen LogP contribution < -0.4 is 11.1 Å². The molecule has 11 heteroatoms. The van der Waals surface area contributed by atoms with E-state index in [9.17, 15) is 19.6 Å². The monoisotopic (exact) mass is 350 g/mol. The molecule has 1 saturated heterocycles. The maximum atomic E-state index is 11.6. The predicted octanol–water partition coefficient (Wildman–Crippen LogP) is 0.543. The van der Waals surface area contributed by atoms with E-state index < -0.39 is 23.6 Å². The summed E-state index contributed by atoms with van der Waals surface area (Å²) in [4.78, 5) is 35.4. The molecule has 0 spiro atoms. The van der Waals surface area contributed by atoms with Gasteiger partial charge in [-0.25, -0.2) is 9.59 Å². The third kappa shape index (κ3) is 3.63. The molecule has 1 aromatic heterocycles. The van der Waals surface area contributed by atoms with Crippen LogP contribution in [0.1, 0.15) is 29.6 Å². The summed E-state index contributed by atoms with van der Waals surface area (Å²) in [6, 6.07) is 2.08. The van der Waals surface area contributed by atoms with E-state index in [4.69, 9.17) is 10.8 Å². The summed E-state index contributed by atoms with van der Waals surface area (Å²) < 4.78 is 5.90. The van der Waals surface area contributed by atoms with Crippen molar-refractivity contribution in [1.82, 2.24) is 14.7 Å². The smallest absolute Gasteiger partial charge is 0.412 e. The van der Waals surface area contributed by atoms with E-state index in [1.807, 2.05) is 0 Å². The Morgan fingerprint density at radius 1 is 1.48 bits per heavy atom. The summed E-state index contributed by atoms with van der Waals surface area (Å²) in [5.41, 5.74) is 4.50. The van der Waals surface area contributed by atoms with Crippen molar-refractivity contribution in [3.8, 4) is 6.07 Å². The lowest BCUT2D eigenvalue weighted by atomic mass is 9.85. The molecule has 25 heavy (non-hydrogen) atoms. The van der Waals surface area contributed by atoms with Crippen LogP contribution in [-0.2, 0) is 10.3 Å². The fourth-order valence-corrected chi connectivity index (χ4v) is 2.79. The van der Waals surface area contributed by atoms with Crippen molar-refractivity contribution in [1.29, 1.82) is 5.26 Å². The van der Waals surface area contributed by atoms with Gasteiger partial charge in [0.05, 0.1) is 25.1 Å². The molecule has 1 aliphatic rings. The van der Waals surface area contributed by atoms with Crippen molar-refractivity contribution in [2.45, 2.75) is 24.8 Å². The number of piperidine rings is 1. The van der Waals surface area contributed by atoms with Crippen molar-refractivity contribution < 1.29 is 24.2 Å². The van der Waals surface area contributed by atoms with Gasteiger partial charge in [0.25, 0.3) is 5.91 Å². The van der Waals surface area contributed by atoms with Gasteiger partial charge in [0.15, 0.2) is 5.82 Å². The summed E-state index contributed by atoms with van der Waals surface area (Å²) in [6.07, 6.45) is 0.258. The largest absolute Gasteiger partial charge is 0.465 e. The number of carbonyl (C=O) groups excluding carboxylic acids is 2. The molecule has 0 aromatic carbocycles. The topological polar surface area (TPSA) is 164 Å². The van der Waals surface area contributed by atoms with E-state index in [1.54, 1.807) is 0 Å². The number of nitrogens with two attached hydrogens (primary N) is 1. The van der Waals surface area contributed by atoms with E-state index >= 15 is 0 Å². The first-order valence-electron chi connectivity index (χ1n) is 7.42. The Kier molecular flexibility index (Phi) is 5.11. The van der Waals surface area contributed by atoms with Crippen molar-refractivity contribution in [3.05, 3.63) is 11.8 Å². The summed E-state index contributed by atoms with van der Waals surface area (Å²) in [7, 11) is 1.16. The minimum Gasteiger partial charge on any atom is -0.465 e. The number of hydrogen-bond donors (Lipinski definition) is 3. The van der Waals surface area contributed by atoms with E-state index in [2.05, 4.69) is 21.2 Å². The molecular weight excluding hydrogens is 332 g/mol. The second-order valence-electron chi connectivity index (χ2n) is 5.65. The molecule has 0 radical (unpaired) electrons. The van der Waals surface area contributed by atoms with Gasteiger partial charge in [0.1, 0.15) is 5.56 Å². The van der Waals surface area contributed by atoms with Gasteiger partial charge in [0, 0.05) is 19.3 Å². The van der Waals surface area contributed by atoms with Gasteiger partial charge in [-0.15, -0.1) is 0 Å². The van der Waals surface area contributed by atoms with Crippen molar-refractivity contribution >= 4 is 23.9 Å². The molecule has 0 atom stereocenters. The molecule has 11 nitrogen and oxygen atoms in total. The number of carbonyl (C=O) groups is 3. The van der Waals surface area contributed by atoms with Gasteiger partial charge >= 0.3 is 12.2 Å². The molecule has 134 valence electrons. The van der Waals surface area contributed by atoms with Crippen LogP contribution in [-0.4, -0.2) is 58.1 Å². The molecule has 0 unspecified atom stereocenters. The molecule has 4 N–H and O–H groups in total. The van der Waals surface area contributed by atoms with Crippen molar-refractivity contribution in [2.75, 3.05) is 25.5 Å². The fraction of sp³-hybridized carbons (Fsp3) is 0.500. The minimum atomic E-state index is -1.03. The molecule has 1 aliphatic heterocycles. The van der Waals surface area contributed by atoms with Crippen molar-refractivity contribution in [2.24, 2.45) is 5.73 Å². The van der Waals surface area contributed by atoms with Gasteiger partial charge in [-0.05, 0) is 12.8 Å². The number of amides is 3. The normalized spacial score (nSPS) is 15.9. The Bertz CT molecular complexity index is 729. The highest BCUT2D eigenvalue weighted by atomic mass is 16.5. The van der Waals surface area contributed by atoms with Gasteiger partial charge < -0.3 is 20.5 Å². The zero-order valence-electron chi connectivity index (χ0n) is 13.6. The van der Waals surface area contributed by atoms with Crippen LogP contribution in [0.25, 0.3) is 0 Å². The average Bonchev–Trinajstić information content (AvgIpc) is 3.00. The lowest BCUT2D eigenvalue weighted by Crippen LogP contribution is -2.47. The summed E-state index contributed by atoms with van der Waals surface area (Å²) >= 11 is 0. The Labute approximate surface area is 142 Å². The average molecular weight is 350 g/mol. The third-order valence-electron chi connectivity index (χ3n) is 4.24. The molecule has 1 aromatic rings. The number of hydrogen-bond acceptors (Lipinski definition) is 6. The Morgan fingerprint density at radius 2 is 2.12 bits per heavy atom. The molecule has 0 aliphatic carbocycles. The lowest BCUT2D eigenvalue weighted by molar-refractivity contribution is 0.0888. The number of likely N-dealkylation sites (tertiary alicyclic amines) is 1. The molecular formula is C14H18N6O5.